The Balaban J connectivity index is 2.01. The van der Waals surface area contributed by atoms with Crippen molar-refractivity contribution in [2.24, 2.45) is 0 Å². The zero-order valence-corrected chi connectivity index (χ0v) is 14.1. The van der Waals surface area contributed by atoms with E-state index >= 15 is 0 Å². The summed E-state index contributed by atoms with van der Waals surface area (Å²) in [4.78, 5) is 34.3. The number of nitrogens with two attached hydrogens (primary N) is 1. The Bertz CT molecular complexity index is 835. The van der Waals surface area contributed by atoms with E-state index in [0.29, 0.717) is 11.4 Å². The number of hydrogen-bond donors (Lipinski definition) is 2. The van der Waals surface area contributed by atoms with Crippen LogP contribution in [0, 0.1) is 10.1 Å². The summed E-state index contributed by atoms with van der Waals surface area (Å²) in [5.41, 5.74) is 5.75. The topological polar surface area (TPSA) is 134 Å². The van der Waals surface area contributed by atoms with Gasteiger partial charge in [-0.15, -0.1) is 0 Å². The number of methoxy groups -OCH3 is 1. The van der Waals surface area contributed by atoms with Crippen molar-refractivity contribution in [1.82, 2.24) is 0 Å². The van der Waals surface area contributed by atoms with E-state index in [1.165, 1.54) is 20.1 Å². The highest BCUT2D eigenvalue weighted by Crippen LogP contribution is 2.21. The largest absolute Gasteiger partial charge is 0.497 e. The van der Waals surface area contributed by atoms with Crippen LogP contribution in [0.5, 0.6) is 5.75 Å². The lowest BCUT2D eigenvalue weighted by atomic mass is 10.1. The molecule has 0 saturated carbocycles. The molecule has 0 heterocycles. The summed E-state index contributed by atoms with van der Waals surface area (Å²) in [5, 5.41) is 13.3. The van der Waals surface area contributed by atoms with Crippen LogP contribution in [0.3, 0.4) is 0 Å². The standard InChI is InChI=1S/C17H17N3O6/c1-10(16(21)19-11-3-6-13(25-2)7-4-11)26-17(22)14-8-5-12(20(23)24)9-15(14)18/h3-10H,18H2,1-2H3,(H,19,21)/t10-/m1/s1. The third-order valence-electron chi connectivity index (χ3n) is 3.48. The molecule has 0 spiro atoms. The number of nitrogens with one attached hydrogen (secondary N) is 1. The van der Waals surface area contributed by atoms with Crippen molar-refractivity contribution in [2.75, 3.05) is 18.2 Å². The summed E-state index contributed by atoms with van der Waals surface area (Å²) in [6.45, 7) is 1.40. The van der Waals surface area contributed by atoms with Crippen LogP contribution in [-0.2, 0) is 9.53 Å². The highest BCUT2D eigenvalue weighted by Gasteiger charge is 2.21. The van der Waals surface area contributed by atoms with E-state index in [4.69, 9.17) is 15.2 Å². The van der Waals surface area contributed by atoms with Gasteiger partial charge in [-0.05, 0) is 37.3 Å². The van der Waals surface area contributed by atoms with Gasteiger partial charge in [0.25, 0.3) is 11.6 Å². The molecule has 136 valence electrons. The van der Waals surface area contributed by atoms with Gasteiger partial charge in [0.2, 0.25) is 0 Å². The molecule has 0 aliphatic carbocycles. The van der Waals surface area contributed by atoms with Crippen LogP contribution in [0.1, 0.15) is 17.3 Å². The molecule has 1 amide bonds. The third kappa shape index (κ3) is 4.47. The maximum absolute atomic E-state index is 12.1. The van der Waals surface area contributed by atoms with E-state index < -0.39 is 22.9 Å². The Morgan fingerprint density at radius 1 is 1.19 bits per heavy atom. The van der Waals surface area contributed by atoms with Gasteiger partial charge in [-0.2, -0.15) is 0 Å². The quantitative estimate of drug-likeness (QED) is 0.350. The summed E-state index contributed by atoms with van der Waals surface area (Å²) < 4.78 is 10.1. The highest BCUT2D eigenvalue weighted by atomic mass is 16.6. The van der Waals surface area contributed by atoms with Gasteiger partial charge in [0.15, 0.2) is 6.10 Å². The molecule has 2 rings (SSSR count). The molecule has 0 unspecified atom stereocenters. The Kier molecular flexibility index (Phi) is 5.74. The SMILES string of the molecule is COc1ccc(NC(=O)[C@@H](C)OC(=O)c2ccc([N+](=O)[O-])cc2N)cc1. The number of nitro groups is 1. The molecular formula is C17H17N3O6. The Morgan fingerprint density at radius 3 is 2.38 bits per heavy atom. The van der Waals surface area contributed by atoms with Crippen molar-refractivity contribution < 1.29 is 24.0 Å². The number of nitrogens with zero attached hydrogens (tertiary/aromatic N) is 1. The first-order chi connectivity index (χ1) is 12.3. The molecule has 2 aromatic rings. The molecule has 0 saturated heterocycles. The van der Waals surface area contributed by atoms with Crippen LogP contribution < -0.4 is 15.8 Å². The van der Waals surface area contributed by atoms with E-state index in [-0.39, 0.29) is 16.9 Å². The summed E-state index contributed by atoms with van der Waals surface area (Å²) in [6, 6.07) is 9.99. The maximum Gasteiger partial charge on any atom is 0.341 e. The number of carbonyl (C=O) groups is 2. The van der Waals surface area contributed by atoms with Crippen LogP contribution in [-0.4, -0.2) is 30.0 Å². The van der Waals surface area contributed by atoms with Crippen LogP contribution in [0.2, 0.25) is 0 Å². The van der Waals surface area contributed by atoms with Crippen molar-refractivity contribution in [3.8, 4) is 5.75 Å². The molecule has 2 aromatic carbocycles. The van der Waals surface area contributed by atoms with Gasteiger partial charge in [0.1, 0.15) is 5.75 Å². The fourth-order valence-electron chi connectivity index (χ4n) is 2.05. The van der Waals surface area contributed by atoms with E-state index in [0.717, 1.165) is 12.1 Å². The molecule has 1 atom stereocenters. The zero-order valence-electron chi connectivity index (χ0n) is 14.1. The third-order valence-corrected chi connectivity index (χ3v) is 3.48. The predicted octanol–water partition coefficient (Wildman–Crippen LogP) is 2.37. The minimum Gasteiger partial charge on any atom is -0.497 e. The van der Waals surface area contributed by atoms with Gasteiger partial charge in [0.05, 0.1) is 23.3 Å². The monoisotopic (exact) mass is 359 g/mol. The fourth-order valence-corrected chi connectivity index (χ4v) is 2.05. The van der Waals surface area contributed by atoms with Crippen molar-refractivity contribution in [1.29, 1.82) is 0 Å². The first kappa shape index (κ1) is 18.7. The zero-order chi connectivity index (χ0) is 19.3. The molecule has 9 nitrogen and oxygen atoms in total. The van der Waals surface area contributed by atoms with Crippen molar-refractivity contribution in [2.45, 2.75) is 13.0 Å². The number of rotatable bonds is 6. The molecule has 0 aromatic heterocycles. The van der Waals surface area contributed by atoms with Gasteiger partial charge in [0, 0.05) is 17.8 Å². The number of nitro benzene ring substituents is 1. The number of amides is 1. The Labute approximate surface area is 148 Å². The lowest BCUT2D eigenvalue weighted by Crippen LogP contribution is -2.30. The molecule has 0 aliphatic heterocycles. The second kappa shape index (κ2) is 7.97. The molecular weight excluding hydrogens is 342 g/mol. The fraction of sp³-hybridized carbons (Fsp3) is 0.176. The second-order valence-corrected chi connectivity index (χ2v) is 5.29. The number of nitrogen functional groups attached to an aromatic ring is 1. The van der Waals surface area contributed by atoms with Crippen molar-refractivity contribution in [3.63, 3.8) is 0 Å². The number of anilines is 2. The number of carbonyl (C=O) groups excluding carboxylic acids is 2. The summed E-state index contributed by atoms with van der Waals surface area (Å²) >= 11 is 0. The Hall–Kier alpha value is -3.62. The maximum atomic E-state index is 12.1. The smallest absolute Gasteiger partial charge is 0.341 e. The molecule has 0 fully saturated rings. The van der Waals surface area contributed by atoms with Crippen LogP contribution in [0.4, 0.5) is 17.1 Å². The second-order valence-electron chi connectivity index (χ2n) is 5.29. The predicted molar refractivity (Wildman–Crippen MR) is 94.0 cm³/mol. The number of hydrogen-bond acceptors (Lipinski definition) is 7. The van der Waals surface area contributed by atoms with Crippen LogP contribution in [0.15, 0.2) is 42.5 Å². The van der Waals surface area contributed by atoms with Crippen LogP contribution >= 0.6 is 0 Å². The van der Waals surface area contributed by atoms with E-state index in [2.05, 4.69) is 5.32 Å². The minimum atomic E-state index is -1.10. The molecule has 0 radical (unpaired) electrons. The molecule has 0 bridgehead atoms. The lowest BCUT2D eigenvalue weighted by molar-refractivity contribution is -0.384. The number of ether oxygens (including phenoxy) is 2. The normalized spacial score (nSPS) is 11.3. The molecule has 3 N–H and O–H groups in total. The van der Waals surface area contributed by atoms with Gasteiger partial charge < -0.3 is 20.5 Å². The Morgan fingerprint density at radius 2 is 1.85 bits per heavy atom. The molecule has 0 aliphatic rings. The van der Waals surface area contributed by atoms with E-state index in [9.17, 15) is 19.7 Å². The first-order valence-corrected chi connectivity index (χ1v) is 7.51. The summed E-state index contributed by atoms with van der Waals surface area (Å²) in [6.07, 6.45) is -1.10. The van der Waals surface area contributed by atoms with Gasteiger partial charge in [-0.3, -0.25) is 14.9 Å². The van der Waals surface area contributed by atoms with Gasteiger partial charge >= 0.3 is 5.97 Å². The summed E-state index contributed by atoms with van der Waals surface area (Å²) in [7, 11) is 1.53. The van der Waals surface area contributed by atoms with Gasteiger partial charge in [-0.1, -0.05) is 0 Å². The average molecular weight is 359 g/mol. The van der Waals surface area contributed by atoms with Gasteiger partial charge in [-0.25, -0.2) is 4.79 Å². The van der Waals surface area contributed by atoms with Crippen LogP contribution in [0.25, 0.3) is 0 Å². The highest BCUT2D eigenvalue weighted by molar-refractivity contribution is 5.99. The number of non-ortho nitro benzene ring substituents is 1. The minimum absolute atomic E-state index is 0.0558. The molecule has 26 heavy (non-hydrogen) atoms. The van der Waals surface area contributed by atoms with Crippen molar-refractivity contribution in [3.05, 3.63) is 58.1 Å². The number of benzene rings is 2. The van der Waals surface area contributed by atoms with E-state index in [1.54, 1.807) is 24.3 Å². The summed E-state index contributed by atoms with van der Waals surface area (Å²) in [5.74, 6) is -0.755. The van der Waals surface area contributed by atoms with E-state index in [1.807, 2.05) is 0 Å². The van der Waals surface area contributed by atoms with Crippen molar-refractivity contribution >= 4 is 28.9 Å². The first-order valence-electron chi connectivity index (χ1n) is 7.51. The average Bonchev–Trinajstić information content (AvgIpc) is 2.61. The number of esters is 1. The lowest BCUT2D eigenvalue weighted by Gasteiger charge is -2.14. The molecule has 9 heteroatoms.